The largest absolute Gasteiger partial charge is 0.361 e. The van der Waals surface area contributed by atoms with Crippen LogP contribution in [-0.2, 0) is 10.0 Å². The van der Waals surface area contributed by atoms with Gasteiger partial charge in [0.05, 0.1) is 17.3 Å². The van der Waals surface area contributed by atoms with Crippen molar-refractivity contribution >= 4 is 10.0 Å². The van der Waals surface area contributed by atoms with E-state index in [4.69, 9.17) is 0 Å². The molecule has 1 heterocycles. The van der Waals surface area contributed by atoms with E-state index >= 15 is 0 Å². The molecule has 17 heavy (non-hydrogen) atoms. The number of aromatic nitrogens is 2. The van der Waals surface area contributed by atoms with Crippen molar-refractivity contribution in [2.75, 3.05) is 0 Å². The Kier molecular flexibility index (Phi) is 2.76. The molecule has 88 valence electrons. The highest BCUT2D eigenvalue weighted by atomic mass is 32.2. The van der Waals surface area contributed by atoms with E-state index in [1.54, 1.807) is 6.07 Å². The van der Waals surface area contributed by atoms with E-state index in [-0.39, 0.29) is 8.87 Å². The fourth-order valence-electron chi connectivity index (χ4n) is 1.25. The van der Waals surface area contributed by atoms with E-state index in [2.05, 4.69) is 4.98 Å². The molecule has 0 saturated heterocycles. The van der Waals surface area contributed by atoms with Crippen LogP contribution in [0.3, 0.4) is 0 Å². The predicted molar refractivity (Wildman–Crippen MR) is 57.5 cm³/mol. The highest BCUT2D eigenvalue weighted by Crippen LogP contribution is 2.10. The summed E-state index contributed by atoms with van der Waals surface area (Å²) in [7, 11) is -4.09. The minimum absolute atomic E-state index is 0.102. The molecule has 0 unspecified atom stereocenters. The normalized spacial score (nSPS) is 11.4. The molecule has 1 aromatic heterocycles. The zero-order valence-electron chi connectivity index (χ0n) is 8.45. The van der Waals surface area contributed by atoms with Gasteiger partial charge in [-0.2, -0.15) is 8.96 Å². The molecule has 2 rings (SSSR count). The van der Waals surface area contributed by atoms with Crippen molar-refractivity contribution in [3.8, 4) is 0 Å². The van der Waals surface area contributed by atoms with Gasteiger partial charge >= 0.3 is 5.69 Å². The Labute approximate surface area is 96.2 Å². The second-order valence-electron chi connectivity index (χ2n) is 3.17. The van der Waals surface area contributed by atoms with Crippen molar-refractivity contribution in [3.05, 3.63) is 59.0 Å². The third-order valence-electron chi connectivity index (χ3n) is 2.03. The topological polar surface area (TPSA) is 69.0 Å². The first kappa shape index (κ1) is 11.5. The summed E-state index contributed by atoms with van der Waals surface area (Å²) in [6.45, 7) is 0. The van der Waals surface area contributed by atoms with Crippen molar-refractivity contribution in [2.24, 2.45) is 0 Å². The molecule has 7 heteroatoms. The number of benzene rings is 1. The molecular weight excluding hydrogens is 247 g/mol. The molecule has 0 spiro atoms. The molecule has 5 nitrogen and oxygen atoms in total. The molecule has 0 aliphatic heterocycles. The lowest BCUT2D eigenvalue weighted by Gasteiger charge is -2.05. The monoisotopic (exact) mass is 254 g/mol. The molecular formula is C10H7FN2O3S. The smallest absolute Gasteiger partial charge is 0.245 e. The fraction of sp³-hybridized carbons (Fsp3) is 0. The van der Waals surface area contributed by atoms with Gasteiger partial charge in [0.1, 0.15) is 0 Å². The maximum atomic E-state index is 12.9. The van der Waals surface area contributed by atoms with E-state index in [0.717, 1.165) is 0 Å². The molecule has 0 bridgehead atoms. The SMILES string of the molecule is O=c1ncc(F)cn1S(=O)(=O)c1ccccc1. The van der Waals surface area contributed by atoms with Crippen molar-refractivity contribution in [1.29, 1.82) is 0 Å². The van der Waals surface area contributed by atoms with Crippen LogP contribution < -0.4 is 5.69 Å². The summed E-state index contributed by atoms with van der Waals surface area (Å²) in [5, 5.41) is 0. The lowest BCUT2D eigenvalue weighted by molar-refractivity contribution is 0.570. The lowest BCUT2D eigenvalue weighted by atomic mass is 10.4. The van der Waals surface area contributed by atoms with Gasteiger partial charge in [0.15, 0.2) is 5.82 Å². The summed E-state index contributed by atoms with van der Waals surface area (Å²) in [4.78, 5) is 14.3. The molecule has 0 atom stereocenters. The Hall–Kier alpha value is -2.02. The molecule has 0 N–H and O–H groups in total. The molecule has 0 aliphatic rings. The van der Waals surface area contributed by atoms with E-state index in [1.165, 1.54) is 24.3 Å². The number of nitrogens with zero attached hydrogens (tertiary/aromatic N) is 2. The number of halogens is 1. The third-order valence-corrected chi connectivity index (χ3v) is 3.67. The van der Waals surface area contributed by atoms with Crippen LogP contribution in [0.4, 0.5) is 4.39 Å². The minimum Gasteiger partial charge on any atom is -0.245 e. The standard InChI is InChI=1S/C10H7FN2O3S/c11-8-6-12-10(14)13(7-8)17(15,16)9-4-2-1-3-5-9/h1-7H. The molecule has 1 aromatic carbocycles. The molecule has 0 saturated carbocycles. The average Bonchev–Trinajstić information content (AvgIpc) is 2.33. The van der Waals surface area contributed by atoms with E-state index in [0.29, 0.717) is 12.4 Å². The van der Waals surface area contributed by atoms with Gasteiger partial charge in [0.2, 0.25) is 0 Å². The van der Waals surface area contributed by atoms with Crippen molar-refractivity contribution in [1.82, 2.24) is 8.96 Å². The van der Waals surface area contributed by atoms with Gasteiger partial charge in [-0.1, -0.05) is 18.2 Å². The van der Waals surface area contributed by atoms with Crippen LogP contribution in [0.15, 0.2) is 52.4 Å². The van der Waals surface area contributed by atoms with E-state index < -0.39 is 21.5 Å². The lowest BCUT2D eigenvalue weighted by Crippen LogP contribution is -2.29. The molecule has 2 aromatic rings. The fourth-order valence-corrected chi connectivity index (χ4v) is 2.47. The van der Waals surface area contributed by atoms with E-state index in [9.17, 15) is 17.6 Å². The van der Waals surface area contributed by atoms with Crippen LogP contribution in [-0.4, -0.2) is 17.4 Å². The second kappa shape index (κ2) is 4.10. The van der Waals surface area contributed by atoms with Crippen molar-refractivity contribution < 1.29 is 12.8 Å². The summed E-state index contributed by atoms with van der Waals surface area (Å²) in [5.41, 5.74) is -1.05. The summed E-state index contributed by atoms with van der Waals surface area (Å²) >= 11 is 0. The van der Waals surface area contributed by atoms with Crippen LogP contribution in [0.2, 0.25) is 0 Å². The summed E-state index contributed by atoms with van der Waals surface area (Å²) in [6.07, 6.45) is 1.26. The van der Waals surface area contributed by atoms with Gasteiger partial charge in [-0.3, -0.25) is 0 Å². The van der Waals surface area contributed by atoms with Crippen LogP contribution in [0.5, 0.6) is 0 Å². The van der Waals surface area contributed by atoms with Crippen molar-refractivity contribution in [2.45, 2.75) is 4.90 Å². The average molecular weight is 254 g/mol. The Balaban J connectivity index is 2.69. The first-order chi connectivity index (χ1) is 8.01. The highest BCUT2D eigenvalue weighted by Gasteiger charge is 2.18. The first-order valence-corrected chi connectivity index (χ1v) is 6.00. The van der Waals surface area contributed by atoms with Crippen molar-refractivity contribution in [3.63, 3.8) is 0 Å². The van der Waals surface area contributed by atoms with Gasteiger partial charge < -0.3 is 0 Å². The Morgan fingerprint density at radius 3 is 2.47 bits per heavy atom. The van der Waals surface area contributed by atoms with Gasteiger partial charge in [-0.05, 0) is 12.1 Å². The summed E-state index contributed by atoms with van der Waals surface area (Å²) in [6, 6.07) is 7.26. The molecule has 0 amide bonds. The molecule has 0 fully saturated rings. The van der Waals surface area contributed by atoms with Crippen LogP contribution >= 0.6 is 0 Å². The second-order valence-corrected chi connectivity index (χ2v) is 4.98. The zero-order valence-corrected chi connectivity index (χ0v) is 9.26. The third kappa shape index (κ3) is 2.09. The Morgan fingerprint density at radius 2 is 1.82 bits per heavy atom. The van der Waals surface area contributed by atoms with Gasteiger partial charge in [0.25, 0.3) is 10.0 Å². The van der Waals surface area contributed by atoms with Gasteiger partial charge in [-0.15, -0.1) is 0 Å². The Bertz CT molecular complexity index is 695. The van der Waals surface area contributed by atoms with Crippen LogP contribution in [0.1, 0.15) is 0 Å². The predicted octanol–water partition coefficient (Wildman–Crippen LogP) is 0.619. The van der Waals surface area contributed by atoms with Gasteiger partial charge in [-0.25, -0.2) is 17.6 Å². The number of hydrogen-bond acceptors (Lipinski definition) is 4. The van der Waals surface area contributed by atoms with Crippen LogP contribution in [0.25, 0.3) is 0 Å². The maximum Gasteiger partial charge on any atom is 0.361 e. The Morgan fingerprint density at radius 1 is 1.18 bits per heavy atom. The summed E-state index contributed by atoms with van der Waals surface area (Å²) in [5.74, 6) is -0.899. The highest BCUT2D eigenvalue weighted by molar-refractivity contribution is 7.90. The number of hydrogen-bond donors (Lipinski definition) is 0. The minimum atomic E-state index is -4.09. The summed E-state index contributed by atoms with van der Waals surface area (Å²) < 4.78 is 37.1. The van der Waals surface area contributed by atoms with Gasteiger partial charge in [0, 0.05) is 0 Å². The molecule has 0 radical (unpaired) electrons. The maximum absolute atomic E-state index is 12.9. The molecule has 0 aliphatic carbocycles. The zero-order chi connectivity index (χ0) is 12.5. The first-order valence-electron chi connectivity index (χ1n) is 4.56. The van der Waals surface area contributed by atoms with E-state index in [1.807, 2.05) is 0 Å². The quantitative estimate of drug-likeness (QED) is 0.787. The van der Waals surface area contributed by atoms with Crippen LogP contribution in [0, 0.1) is 5.82 Å². The number of rotatable bonds is 2.